The van der Waals surface area contributed by atoms with Crippen molar-refractivity contribution < 1.29 is 14.3 Å². The molecule has 2 aromatic rings. The van der Waals surface area contributed by atoms with Gasteiger partial charge in [0.05, 0.1) is 26.3 Å². The second kappa shape index (κ2) is 15.3. The predicted molar refractivity (Wildman–Crippen MR) is 140 cm³/mol. The van der Waals surface area contributed by atoms with Crippen LogP contribution in [-0.4, -0.2) is 57.2 Å². The standard InChI is InChI=1S/C24H34N4O3.HI/c1-5-30-21-13-12-19(16-22(21)31-6-2)14-15-25-24(27-18-23(29)28(3)4)26-17-20-10-8-7-9-11-20;/h7-13,16H,5-6,14-15,17-18H2,1-4H3,(H2,25,26,27);1H. The third-order valence-corrected chi connectivity index (χ3v) is 4.48. The van der Waals surface area contributed by atoms with Crippen LogP contribution in [0.25, 0.3) is 0 Å². The van der Waals surface area contributed by atoms with E-state index in [1.165, 1.54) is 0 Å². The molecule has 0 radical (unpaired) electrons. The lowest BCUT2D eigenvalue weighted by Gasteiger charge is -2.16. The van der Waals surface area contributed by atoms with Crippen LogP contribution in [0.3, 0.4) is 0 Å². The smallest absolute Gasteiger partial charge is 0.241 e. The SMILES string of the molecule is CCOc1ccc(CCNC(=NCc2ccccc2)NCC(=O)N(C)C)cc1OCC.I. The van der Waals surface area contributed by atoms with Gasteiger partial charge < -0.3 is 25.0 Å². The molecule has 2 aromatic carbocycles. The van der Waals surface area contributed by atoms with E-state index in [-0.39, 0.29) is 36.4 Å². The van der Waals surface area contributed by atoms with Crippen molar-refractivity contribution in [3.63, 3.8) is 0 Å². The van der Waals surface area contributed by atoms with Crippen LogP contribution in [-0.2, 0) is 17.8 Å². The normalized spacial score (nSPS) is 10.7. The molecule has 7 nitrogen and oxygen atoms in total. The minimum Gasteiger partial charge on any atom is -0.490 e. The number of benzene rings is 2. The van der Waals surface area contributed by atoms with Gasteiger partial charge in [0, 0.05) is 20.6 Å². The Morgan fingerprint density at radius 2 is 1.62 bits per heavy atom. The van der Waals surface area contributed by atoms with Gasteiger partial charge in [-0.1, -0.05) is 36.4 Å². The Labute approximate surface area is 208 Å². The molecule has 0 fully saturated rings. The van der Waals surface area contributed by atoms with Gasteiger partial charge in [0.25, 0.3) is 0 Å². The van der Waals surface area contributed by atoms with Gasteiger partial charge in [-0.3, -0.25) is 4.79 Å². The lowest BCUT2D eigenvalue weighted by Crippen LogP contribution is -2.43. The highest BCUT2D eigenvalue weighted by atomic mass is 127. The summed E-state index contributed by atoms with van der Waals surface area (Å²) in [6.45, 7) is 6.48. The maximum Gasteiger partial charge on any atom is 0.241 e. The van der Waals surface area contributed by atoms with Crippen molar-refractivity contribution in [3.05, 3.63) is 59.7 Å². The van der Waals surface area contributed by atoms with Crippen LogP contribution in [0.4, 0.5) is 0 Å². The molecule has 2 N–H and O–H groups in total. The number of aliphatic imine (C=N–C) groups is 1. The number of guanidine groups is 1. The molecule has 0 spiro atoms. The number of carbonyl (C=O) groups is 1. The number of likely N-dealkylation sites (N-methyl/N-ethyl adjacent to an activating group) is 1. The van der Waals surface area contributed by atoms with E-state index in [1.807, 2.05) is 62.4 Å². The van der Waals surface area contributed by atoms with Gasteiger partial charge in [0.1, 0.15) is 0 Å². The van der Waals surface area contributed by atoms with Gasteiger partial charge >= 0.3 is 0 Å². The molecule has 0 aromatic heterocycles. The fraction of sp³-hybridized carbons (Fsp3) is 0.417. The van der Waals surface area contributed by atoms with Crippen LogP contribution >= 0.6 is 24.0 Å². The van der Waals surface area contributed by atoms with Gasteiger partial charge in [-0.15, -0.1) is 24.0 Å². The van der Waals surface area contributed by atoms with Crippen molar-refractivity contribution in [2.75, 3.05) is 40.4 Å². The van der Waals surface area contributed by atoms with Crippen LogP contribution in [0.5, 0.6) is 11.5 Å². The summed E-state index contributed by atoms with van der Waals surface area (Å²) in [6, 6.07) is 16.0. The topological polar surface area (TPSA) is 75.2 Å². The monoisotopic (exact) mass is 554 g/mol. The molecule has 0 aliphatic rings. The third-order valence-electron chi connectivity index (χ3n) is 4.48. The number of hydrogen-bond donors (Lipinski definition) is 2. The first-order valence-electron chi connectivity index (χ1n) is 10.7. The van der Waals surface area contributed by atoms with Crippen LogP contribution < -0.4 is 20.1 Å². The molecular weight excluding hydrogens is 519 g/mol. The summed E-state index contributed by atoms with van der Waals surface area (Å²) < 4.78 is 11.3. The summed E-state index contributed by atoms with van der Waals surface area (Å²) in [4.78, 5) is 18.1. The predicted octanol–water partition coefficient (Wildman–Crippen LogP) is 3.47. The van der Waals surface area contributed by atoms with E-state index in [2.05, 4.69) is 15.6 Å². The van der Waals surface area contributed by atoms with Crippen LogP contribution in [0.2, 0.25) is 0 Å². The Hall–Kier alpha value is -2.49. The van der Waals surface area contributed by atoms with Crippen molar-refractivity contribution in [2.24, 2.45) is 4.99 Å². The Bertz CT molecular complexity index is 844. The van der Waals surface area contributed by atoms with Gasteiger partial charge in [0.15, 0.2) is 17.5 Å². The summed E-state index contributed by atoms with van der Waals surface area (Å²) >= 11 is 0. The molecule has 0 aliphatic carbocycles. The molecule has 32 heavy (non-hydrogen) atoms. The summed E-state index contributed by atoms with van der Waals surface area (Å²) in [6.07, 6.45) is 0.778. The number of halogens is 1. The number of nitrogens with one attached hydrogen (secondary N) is 2. The van der Waals surface area contributed by atoms with E-state index in [0.29, 0.717) is 32.3 Å². The van der Waals surface area contributed by atoms with Gasteiger partial charge in [-0.25, -0.2) is 4.99 Å². The summed E-state index contributed by atoms with van der Waals surface area (Å²) in [5.74, 6) is 2.11. The number of rotatable bonds is 11. The van der Waals surface area contributed by atoms with E-state index >= 15 is 0 Å². The quantitative estimate of drug-likeness (QED) is 0.253. The minimum absolute atomic E-state index is 0. The van der Waals surface area contributed by atoms with E-state index in [0.717, 1.165) is 29.0 Å². The van der Waals surface area contributed by atoms with Crippen LogP contribution in [0.15, 0.2) is 53.5 Å². The maximum atomic E-state index is 12.0. The molecule has 2 rings (SSSR count). The summed E-state index contributed by atoms with van der Waals surface area (Å²) in [7, 11) is 3.47. The first-order chi connectivity index (χ1) is 15.0. The zero-order valence-electron chi connectivity index (χ0n) is 19.4. The highest BCUT2D eigenvalue weighted by Crippen LogP contribution is 2.28. The molecule has 0 bridgehead atoms. The molecule has 176 valence electrons. The summed E-state index contributed by atoms with van der Waals surface area (Å²) in [5, 5.41) is 6.44. The van der Waals surface area contributed by atoms with Crippen molar-refractivity contribution in [2.45, 2.75) is 26.8 Å². The van der Waals surface area contributed by atoms with Gasteiger partial charge in [-0.05, 0) is 43.5 Å². The molecule has 0 heterocycles. The van der Waals surface area contributed by atoms with Crippen LogP contribution in [0.1, 0.15) is 25.0 Å². The van der Waals surface area contributed by atoms with E-state index in [4.69, 9.17) is 9.47 Å². The highest BCUT2D eigenvalue weighted by Gasteiger charge is 2.08. The number of hydrogen-bond acceptors (Lipinski definition) is 4. The number of nitrogens with zero attached hydrogens (tertiary/aromatic N) is 2. The average Bonchev–Trinajstić information content (AvgIpc) is 2.77. The molecule has 1 amide bonds. The molecule has 0 unspecified atom stereocenters. The summed E-state index contributed by atoms with van der Waals surface area (Å²) in [5.41, 5.74) is 2.24. The molecule has 0 aliphatic heterocycles. The largest absolute Gasteiger partial charge is 0.490 e. The zero-order chi connectivity index (χ0) is 22.5. The molecule has 0 saturated heterocycles. The van der Waals surface area contributed by atoms with Gasteiger partial charge in [0.2, 0.25) is 5.91 Å². The van der Waals surface area contributed by atoms with Crippen molar-refractivity contribution >= 4 is 35.8 Å². The Morgan fingerprint density at radius 3 is 2.28 bits per heavy atom. The Morgan fingerprint density at radius 1 is 0.938 bits per heavy atom. The molecule has 8 heteroatoms. The average molecular weight is 554 g/mol. The molecule has 0 atom stereocenters. The van der Waals surface area contributed by atoms with E-state index in [9.17, 15) is 4.79 Å². The second-order valence-electron chi connectivity index (χ2n) is 7.12. The Balaban J connectivity index is 0.00000512. The zero-order valence-corrected chi connectivity index (χ0v) is 21.7. The lowest BCUT2D eigenvalue weighted by molar-refractivity contribution is -0.127. The molecule has 0 saturated carbocycles. The first kappa shape index (κ1) is 27.5. The number of ether oxygens (including phenoxy) is 2. The number of amides is 1. The Kier molecular flexibility index (Phi) is 13.2. The van der Waals surface area contributed by atoms with Crippen molar-refractivity contribution in [3.8, 4) is 11.5 Å². The lowest BCUT2D eigenvalue weighted by atomic mass is 10.1. The van der Waals surface area contributed by atoms with E-state index < -0.39 is 0 Å². The minimum atomic E-state index is -0.0120. The first-order valence-corrected chi connectivity index (χ1v) is 10.7. The third kappa shape index (κ3) is 9.76. The maximum absolute atomic E-state index is 12.0. The highest BCUT2D eigenvalue weighted by molar-refractivity contribution is 14.0. The number of carbonyl (C=O) groups excluding carboxylic acids is 1. The van der Waals surface area contributed by atoms with Crippen molar-refractivity contribution in [1.29, 1.82) is 0 Å². The fourth-order valence-corrected chi connectivity index (χ4v) is 2.82. The van der Waals surface area contributed by atoms with E-state index in [1.54, 1.807) is 19.0 Å². The van der Waals surface area contributed by atoms with Gasteiger partial charge in [-0.2, -0.15) is 0 Å². The second-order valence-corrected chi connectivity index (χ2v) is 7.12. The van der Waals surface area contributed by atoms with Crippen LogP contribution in [0, 0.1) is 0 Å². The van der Waals surface area contributed by atoms with Crippen molar-refractivity contribution in [1.82, 2.24) is 15.5 Å². The molecular formula is C24H35IN4O3. The fourth-order valence-electron chi connectivity index (χ4n) is 2.82.